The smallest absolute Gasteiger partial charge is 0.133 e. The highest BCUT2D eigenvalue weighted by atomic mass is 16.5. The molecular formula is C13H14N2O. The first-order chi connectivity index (χ1) is 7.66. The molecule has 0 aliphatic carbocycles. The largest absolute Gasteiger partial charge is 0.457 e. The van der Waals surface area contributed by atoms with Crippen LogP contribution in [0.1, 0.15) is 11.1 Å². The average molecular weight is 214 g/mol. The summed E-state index contributed by atoms with van der Waals surface area (Å²) in [5, 5.41) is 0. The van der Waals surface area contributed by atoms with Gasteiger partial charge >= 0.3 is 0 Å². The molecular weight excluding hydrogens is 200 g/mol. The summed E-state index contributed by atoms with van der Waals surface area (Å²) in [6.07, 6.45) is 3.49. The number of pyridine rings is 1. The molecule has 2 aromatic rings. The lowest BCUT2D eigenvalue weighted by molar-refractivity contribution is 0.478. The Bertz CT molecular complexity index is 509. The molecule has 3 nitrogen and oxygen atoms in total. The fraction of sp³-hybridized carbons (Fsp3) is 0.154. The van der Waals surface area contributed by atoms with Crippen LogP contribution >= 0.6 is 0 Å². The minimum atomic E-state index is 0.777. The number of aryl methyl sites for hydroxylation is 2. The molecule has 82 valence electrons. The summed E-state index contributed by atoms with van der Waals surface area (Å²) in [4.78, 5) is 4.02. The second-order valence-corrected chi connectivity index (χ2v) is 3.76. The van der Waals surface area contributed by atoms with Crippen LogP contribution in [0.15, 0.2) is 36.7 Å². The minimum absolute atomic E-state index is 0.777. The van der Waals surface area contributed by atoms with E-state index in [4.69, 9.17) is 10.5 Å². The lowest BCUT2D eigenvalue weighted by Gasteiger charge is -2.09. The second-order valence-electron chi connectivity index (χ2n) is 3.76. The Morgan fingerprint density at radius 2 is 1.94 bits per heavy atom. The first kappa shape index (κ1) is 10.5. The molecule has 1 heterocycles. The molecule has 0 atom stereocenters. The molecule has 0 amide bonds. The fourth-order valence-electron chi connectivity index (χ4n) is 1.41. The van der Waals surface area contributed by atoms with Crippen molar-refractivity contribution < 1.29 is 4.74 Å². The van der Waals surface area contributed by atoms with E-state index in [1.165, 1.54) is 0 Å². The van der Waals surface area contributed by atoms with Gasteiger partial charge in [0.05, 0.1) is 0 Å². The Morgan fingerprint density at radius 1 is 1.12 bits per heavy atom. The molecule has 0 radical (unpaired) electrons. The maximum absolute atomic E-state index is 5.75. The predicted octanol–water partition coefficient (Wildman–Crippen LogP) is 3.07. The van der Waals surface area contributed by atoms with Crippen LogP contribution in [0.25, 0.3) is 0 Å². The molecule has 1 aromatic heterocycles. The quantitative estimate of drug-likeness (QED) is 0.781. The van der Waals surface area contributed by atoms with Crippen LogP contribution in [0.3, 0.4) is 0 Å². The number of anilines is 1. The third-order valence-corrected chi connectivity index (χ3v) is 2.44. The molecule has 0 unspecified atom stereocenters. The fourth-order valence-corrected chi connectivity index (χ4v) is 1.41. The Hall–Kier alpha value is -2.03. The third-order valence-electron chi connectivity index (χ3n) is 2.44. The van der Waals surface area contributed by atoms with Gasteiger partial charge in [0.2, 0.25) is 0 Å². The number of aromatic nitrogens is 1. The van der Waals surface area contributed by atoms with E-state index in [2.05, 4.69) is 4.98 Å². The van der Waals surface area contributed by atoms with E-state index in [1.54, 1.807) is 12.4 Å². The van der Waals surface area contributed by atoms with E-state index in [0.717, 1.165) is 28.3 Å². The van der Waals surface area contributed by atoms with Crippen LogP contribution < -0.4 is 10.5 Å². The monoisotopic (exact) mass is 214 g/mol. The van der Waals surface area contributed by atoms with Crippen LogP contribution in [-0.2, 0) is 0 Å². The van der Waals surface area contributed by atoms with Gasteiger partial charge in [-0.05, 0) is 43.7 Å². The summed E-state index contributed by atoms with van der Waals surface area (Å²) in [6, 6.07) is 7.49. The van der Waals surface area contributed by atoms with Crippen LogP contribution in [0.5, 0.6) is 11.5 Å². The molecule has 0 bridgehead atoms. The predicted molar refractivity (Wildman–Crippen MR) is 64.6 cm³/mol. The van der Waals surface area contributed by atoms with Gasteiger partial charge in [-0.3, -0.25) is 4.98 Å². The molecule has 0 spiro atoms. The summed E-state index contributed by atoms with van der Waals surface area (Å²) >= 11 is 0. The van der Waals surface area contributed by atoms with E-state index in [9.17, 15) is 0 Å². The van der Waals surface area contributed by atoms with Crippen molar-refractivity contribution in [2.45, 2.75) is 13.8 Å². The number of hydrogen-bond acceptors (Lipinski definition) is 3. The molecule has 0 fully saturated rings. The zero-order valence-electron chi connectivity index (χ0n) is 9.40. The standard InChI is InChI=1S/C13H14N2O/c1-9-7-11(3-4-12(9)14)16-13-5-6-15-8-10(13)2/h3-8H,14H2,1-2H3. The summed E-state index contributed by atoms with van der Waals surface area (Å²) in [7, 11) is 0. The van der Waals surface area contributed by atoms with Crippen LogP contribution in [0.4, 0.5) is 5.69 Å². The van der Waals surface area contributed by atoms with Crippen molar-refractivity contribution in [2.24, 2.45) is 0 Å². The van der Waals surface area contributed by atoms with Crippen LogP contribution in [0, 0.1) is 13.8 Å². The Labute approximate surface area is 94.9 Å². The number of nitrogens with zero attached hydrogens (tertiary/aromatic N) is 1. The Balaban J connectivity index is 2.28. The van der Waals surface area contributed by atoms with Crippen molar-refractivity contribution in [3.05, 3.63) is 47.8 Å². The van der Waals surface area contributed by atoms with E-state index in [-0.39, 0.29) is 0 Å². The van der Waals surface area contributed by atoms with Crippen molar-refractivity contribution in [1.82, 2.24) is 4.98 Å². The van der Waals surface area contributed by atoms with Crippen LogP contribution in [-0.4, -0.2) is 4.98 Å². The highest BCUT2D eigenvalue weighted by Gasteiger charge is 2.02. The normalized spacial score (nSPS) is 10.1. The van der Waals surface area contributed by atoms with Gasteiger partial charge in [0, 0.05) is 23.6 Å². The molecule has 0 saturated carbocycles. The average Bonchev–Trinajstić information content (AvgIpc) is 2.27. The van der Waals surface area contributed by atoms with E-state index >= 15 is 0 Å². The third kappa shape index (κ3) is 2.14. The topological polar surface area (TPSA) is 48.1 Å². The maximum Gasteiger partial charge on any atom is 0.133 e. The number of hydrogen-bond donors (Lipinski definition) is 1. The molecule has 0 aliphatic rings. The molecule has 2 N–H and O–H groups in total. The summed E-state index contributed by atoms with van der Waals surface area (Å²) < 4.78 is 5.75. The van der Waals surface area contributed by atoms with E-state index in [0.29, 0.717) is 0 Å². The highest BCUT2D eigenvalue weighted by molar-refractivity contribution is 5.50. The molecule has 1 aromatic carbocycles. The van der Waals surface area contributed by atoms with Gasteiger partial charge in [-0.2, -0.15) is 0 Å². The van der Waals surface area contributed by atoms with Crippen molar-refractivity contribution in [1.29, 1.82) is 0 Å². The zero-order chi connectivity index (χ0) is 11.5. The number of benzene rings is 1. The van der Waals surface area contributed by atoms with Gasteiger partial charge in [0.15, 0.2) is 0 Å². The summed E-state index contributed by atoms with van der Waals surface area (Å²) in [5.41, 5.74) is 8.55. The number of rotatable bonds is 2. The molecule has 2 rings (SSSR count). The van der Waals surface area contributed by atoms with Crippen molar-refractivity contribution in [2.75, 3.05) is 5.73 Å². The molecule has 0 aliphatic heterocycles. The van der Waals surface area contributed by atoms with Gasteiger partial charge in [-0.25, -0.2) is 0 Å². The summed E-state index contributed by atoms with van der Waals surface area (Å²) in [6.45, 7) is 3.92. The molecule has 3 heteroatoms. The molecule has 0 saturated heterocycles. The van der Waals surface area contributed by atoms with E-state index in [1.807, 2.05) is 38.1 Å². The minimum Gasteiger partial charge on any atom is -0.457 e. The maximum atomic E-state index is 5.75. The van der Waals surface area contributed by atoms with Gasteiger partial charge in [-0.1, -0.05) is 0 Å². The lowest BCUT2D eigenvalue weighted by atomic mass is 10.2. The van der Waals surface area contributed by atoms with Crippen molar-refractivity contribution in [3.8, 4) is 11.5 Å². The first-order valence-corrected chi connectivity index (χ1v) is 5.11. The van der Waals surface area contributed by atoms with Crippen molar-refractivity contribution in [3.63, 3.8) is 0 Å². The zero-order valence-corrected chi connectivity index (χ0v) is 9.40. The van der Waals surface area contributed by atoms with Gasteiger partial charge in [0.1, 0.15) is 11.5 Å². The SMILES string of the molecule is Cc1cc(Oc2ccncc2C)ccc1N. The second kappa shape index (κ2) is 4.23. The highest BCUT2D eigenvalue weighted by Crippen LogP contribution is 2.26. The Morgan fingerprint density at radius 3 is 2.62 bits per heavy atom. The molecule has 16 heavy (non-hydrogen) atoms. The lowest BCUT2D eigenvalue weighted by Crippen LogP contribution is -1.92. The van der Waals surface area contributed by atoms with Gasteiger partial charge in [0.25, 0.3) is 0 Å². The number of ether oxygens (including phenoxy) is 1. The van der Waals surface area contributed by atoms with Gasteiger partial charge in [-0.15, -0.1) is 0 Å². The first-order valence-electron chi connectivity index (χ1n) is 5.11. The van der Waals surface area contributed by atoms with Crippen LogP contribution in [0.2, 0.25) is 0 Å². The number of nitrogens with two attached hydrogens (primary N) is 1. The van der Waals surface area contributed by atoms with Gasteiger partial charge < -0.3 is 10.5 Å². The summed E-state index contributed by atoms with van der Waals surface area (Å²) in [5.74, 6) is 1.61. The van der Waals surface area contributed by atoms with Crippen molar-refractivity contribution >= 4 is 5.69 Å². The van der Waals surface area contributed by atoms with E-state index < -0.39 is 0 Å². The Kier molecular flexibility index (Phi) is 2.77. The number of nitrogen functional groups attached to an aromatic ring is 1.